The number of amides is 2. The summed E-state index contributed by atoms with van der Waals surface area (Å²) in [7, 11) is 0. The maximum absolute atomic E-state index is 11.6. The molecule has 3 fully saturated rings. The first-order valence-electron chi connectivity index (χ1n) is 6.31. The molecule has 3 rings (SSSR count). The number of urea groups is 1. The fourth-order valence-electron chi connectivity index (χ4n) is 2.87. The summed E-state index contributed by atoms with van der Waals surface area (Å²) in [6.07, 6.45) is 2.29. The predicted molar refractivity (Wildman–Crippen MR) is 62.7 cm³/mol. The molecule has 0 aromatic carbocycles. The first-order valence-corrected chi connectivity index (χ1v) is 6.31. The minimum absolute atomic E-state index is 0.0183. The number of likely N-dealkylation sites (tertiary alicyclic amines) is 1. The number of nitrogens with zero attached hydrogens (tertiary/aromatic N) is 2. The monoisotopic (exact) mass is 240 g/mol. The van der Waals surface area contributed by atoms with Crippen molar-refractivity contribution in [2.45, 2.75) is 31.2 Å². The number of piperidine rings is 1. The molecule has 7 heteroatoms. The van der Waals surface area contributed by atoms with E-state index >= 15 is 0 Å². The summed E-state index contributed by atoms with van der Waals surface area (Å²) >= 11 is 0. The highest BCUT2D eigenvalue weighted by Gasteiger charge is 2.41. The summed E-state index contributed by atoms with van der Waals surface area (Å²) < 4.78 is 0. The number of rotatable bonds is 1. The highest BCUT2D eigenvalue weighted by molar-refractivity contribution is 5.76. The maximum Gasteiger partial charge on any atom is 0.333 e. The second kappa shape index (κ2) is 4.41. The zero-order valence-corrected chi connectivity index (χ0v) is 9.85. The molecular formula is C10H20N6O. The third-order valence-electron chi connectivity index (χ3n) is 3.90. The molecule has 2 amide bonds. The second-order valence-electron chi connectivity index (χ2n) is 4.99. The van der Waals surface area contributed by atoms with E-state index in [1.807, 2.05) is 4.90 Å². The van der Waals surface area contributed by atoms with E-state index in [4.69, 9.17) is 5.73 Å². The Bertz CT molecular complexity index is 303. The van der Waals surface area contributed by atoms with E-state index in [1.54, 1.807) is 0 Å². The van der Waals surface area contributed by atoms with Crippen LogP contribution in [0.2, 0.25) is 0 Å². The molecule has 0 aromatic rings. The molecule has 0 bridgehead atoms. The van der Waals surface area contributed by atoms with Gasteiger partial charge in [0.2, 0.25) is 0 Å². The van der Waals surface area contributed by atoms with E-state index in [0.29, 0.717) is 6.04 Å². The number of hydrogen-bond donors (Lipinski definition) is 4. The van der Waals surface area contributed by atoms with Crippen LogP contribution in [0, 0.1) is 0 Å². The van der Waals surface area contributed by atoms with Crippen molar-refractivity contribution in [2.24, 2.45) is 5.73 Å². The van der Waals surface area contributed by atoms with Gasteiger partial charge in [0.15, 0.2) is 0 Å². The van der Waals surface area contributed by atoms with Gasteiger partial charge < -0.3 is 10.6 Å². The summed E-state index contributed by atoms with van der Waals surface area (Å²) in [5.74, 6) is 0. The minimum Gasteiger partial charge on any atom is -0.328 e. The Kier molecular flexibility index (Phi) is 2.91. The van der Waals surface area contributed by atoms with Crippen LogP contribution in [0.5, 0.6) is 0 Å². The number of piperazine rings is 1. The van der Waals surface area contributed by atoms with Gasteiger partial charge in [-0.2, -0.15) is 0 Å². The van der Waals surface area contributed by atoms with Crippen molar-refractivity contribution in [1.29, 1.82) is 0 Å². The Balaban J connectivity index is 1.68. The zero-order chi connectivity index (χ0) is 11.8. The van der Waals surface area contributed by atoms with Crippen LogP contribution >= 0.6 is 0 Å². The lowest BCUT2D eigenvalue weighted by Crippen LogP contribution is -2.67. The van der Waals surface area contributed by atoms with Gasteiger partial charge in [0.05, 0.1) is 6.17 Å². The van der Waals surface area contributed by atoms with Crippen LogP contribution in [0.1, 0.15) is 12.8 Å². The first-order chi connectivity index (χ1) is 8.25. The van der Waals surface area contributed by atoms with Gasteiger partial charge in [-0.05, 0) is 12.8 Å². The molecule has 3 saturated heterocycles. The second-order valence-corrected chi connectivity index (χ2v) is 4.99. The van der Waals surface area contributed by atoms with Crippen molar-refractivity contribution in [3.05, 3.63) is 0 Å². The molecule has 3 heterocycles. The van der Waals surface area contributed by atoms with E-state index in [1.165, 1.54) is 0 Å². The normalized spacial score (nSPS) is 35.8. The lowest BCUT2D eigenvalue weighted by Gasteiger charge is -2.44. The van der Waals surface area contributed by atoms with E-state index in [0.717, 1.165) is 39.0 Å². The average molecular weight is 240 g/mol. The van der Waals surface area contributed by atoms with Crippen LogP contribution in [0.4, 0.5) is 4.79 Å². The summed E-state index contributed by atoms with van der Waals surface area (Å²) in [5, 5.41) is 3.48. The van der Waals surface area contributed by atoms with Crippen molar-refractivity contribution in [3.63, 3.8) is 0 Å². The lowest BCUT2D eigenvalue weighted by atomic mass is 10.0. The average Bonchev–Trinajstić information content (AvgIpc) is 2.73. The number of nitrogens with one attached hydrogen (secondary N) is 3. The molecule has 5 N–H and O–H groups in total. The Morgan fingerprint density at radius 3 is 2.71 bits per heavy atom. The maximum atomic E-state index is 11.6. The fourth-order valence-corrected chi connectivity index (χ4v) is 2.87. The third kappa shape index (κ3) is 1.99. The van der Waals surface area contributed by atoms with Gasteiger partial charge in [-0.15, -0.1) is 0 Å². The topological polar surface area (TPSA) is 85.7 Å². The molecule has 2 atom stereocenters. The van der Waals surface area contributed by atoms with Crippen LogP contribution in [0.25, 0.3) is 0 Å². The Morgan fingerprint density at radius 2 is 1.94 bits per heavy atom. The quantitative estimate of drug-likeness (QED) is 0.434. The van der Waals surface area contributed by atoms with Gasteiger partial charge in [-0.1, -0.05) is 0 Å². The zero-order valence-electron chi connectivity index (χ0n) is 9.85. The molecule has 96 valence electrons. The van der Waals surface area contributed by atoms with E-state index in [-0.39, 0.29) is 18.4 Å². The Hall–Kier alpha value is -0.890. The molecule has 0 aromatic heterocycles. The van der Waals surface area contributed by atoms with Crippen LogP contribution in [-0.2, 0) is 0 Å². The van der Waals surface area contributed by atoms with Gasteiger partial charge in [-0.25, -0.2) is 10.2 Å². The fraction of sp³-hybridized carbons (Fsp3) is 0.900. The number of carbonyl (C=O) groups excluding carboxylic acids is 1. The summed E-state index contributed by atoms with van der Waals surface area (Å²) in [5.41, 5.74) is 11.7. The molecule has 7 nitrogen and oxygen atoms in total. The smallest absolute Gasteiger partial charge is 0.328 e. The van der Waals surface area contributed by atoms with E-state index in [2.05, 4.69) is 21.1 Å². The number of fused-ring (bicyclic) bond motifs is 1. The Morgan fingerprint density at radius 1 is 1.18 bits per heavy atom. The highest BCUT2D eigenvalue weighted by atomic mass is 16.2. The molecular weight excluding hydrogens is 220 g/mol. The van der Waals surface area contributed by atoms with E-state index < -0.39 is 0 Å². The number of hydrogen-bond acceptors (Lipinski definition) is 5. The number of nitrogens with two attached hydrogens (primary N) is 1. The van der Waals surface area contributed by atoms with Gasteiger partial charge in [0, 0.05) is 32.2 Å². The predicted octanol–water partition coefficient (Wildman–Crippen LogP) is -1.81. The van der Waals surface area contributed by atoms with E-state index in [9.17, 15) is 4.79 Å². The van der Waals surface area contributed by atoms with Gasteiger partial charge in [0.1, 0.15) is 6.17 Å². The van der Waals surface area contributed by atoms with Crippen molar-refractivity contribution in [2.75, 3.05) is 26.2 Å². The number of carbonyl (C=O) groups is 1. The molecule has 3 aliphatic rings. The summed E-state index contributed by atoms with van der Waals surface area (Å²) in [6, 6.07) is 0.317. The van der Waals surface area contributed by atoms with Crippen molar-refractivity contribution in [1.82, 2.24) is 26.0 Å². The van der Waals surface area contributed by atoms with Crippen LogP contribution in [0.3, 0.4) is 0 Å². The SMILES string of the molecule is NC1CCN(C2NCCN3C(=O)NNC23)CC1. The standard InChI is InChI=1S/C10H20N6O/c11-7-1-4-15(5-2-7)8-9-13-14-10(17)16(9)6-3-12-8/h7-9,12-13H,1-6,11H2,(H,14,17). The molecule has 0 spiro atoms. The first kappa shape index (κ1) is 11.2. The molecule has 0 radical (unpaired) electrons. The summed E-state index contributed by atoms with van der Waals surface area (Å²) in [4.78, 5) is 15.8. The molecule has 3 aliphatic heterocycles. The van der Waals surface area contributed by atoms with Crippen LogP contribution < -0.4 is 21.9 Å². The number of hydrazine groups is 1. The molecule has 0 aliphatic carbocycles. The van der Waals surface area contributed by atoms with Crippen molar-refractivity contribution in [3.8, 4) is 0 Å². The highest BCUT2D eigenvalue weighted by Crippen LogP contribution is 2.18. The van der Waals surface area contributed by atoms with Gasteiger partial charge >= 0.3 is 6.03 Å². The molecule has 0 saturated carbocycles. The van der Waals surface area contributed by atoms with Crippen molar-refractivity contribution >= 4 is 6.03 Å². The molecule has 17 heavy (non-hydrogen) atoms. The Labute approximate surface area is 101 Å². The van der Waals surface area contributed by atoms with Crippen LogP contribution in [0.15, 0.2) is 0 Å². The lowest BCUT2D eigenvalue weighted by molar-refractivity contribution is 0.0366. The largest absolute Gasteiger partial charge is 0.333 e. The van der Waals surface area contributed by atoms with Gasteiger partial charge in [-0.3, -0.25) is 15.6 Å². The minimum atomic E-state index is -0.0183. The molecule has 2 unspecified atom stereocenters. The van der Waals surface area contributed by atoms with Gasteiger partial charge in [0.25, 0.3) is 0 Å². The third-order valence-corrected chi connectivity index (χ3v) is 3.90. The summed E-state index contributed by atoms with van der Waals surface area (Å²) in [6.45, 7) is 3.60. The van der Waals surface area contributed by atoms with Crippen molar-refractivity contribution < 1.29 is 4.79 Å². The van der Waals surface area contributed by atoms with Crippen LogP contribution in [-0.4, -0.2) is 60.4 Å².